The molecule has 0 saturated heterocycles. The Hall–Kier alpha value is -1.59. The lowest BCUT2D eigenvalue weighted by atomic mass is 10.1. The highest BCUT2D eigenvalue weighted by Gasteiger charge is 2.18. The van der Waals surface area contributed by atoms with Gasteiger partial charge < -0.3 is 10.5 Å². The summed E-state index contributed by atoms with van der Waals surface area (Å²) < 4.78 is 5.11. The molecule has 0 aliphatic carbocycles. The molecule has 0 radical (unpaired) electrons. The predicted molar refractivity (Wildman–Crippen MR) is 74.7 cm³/mol. The van der Waals surface area contributed by atoms with E-state index in [-0.39, 0.29) is 17.9 Å². The average molecular weight is 285 g/mol. The third-order valence-electron chi connectivity index (χ3n) is 2.10. The van der Waals surface area contributed by atoms with E-state index in [0.717, 1.165) is 0 Å². The minimum absolute atomic E-state index is 0.163. The maximum Gasteiger partial charge on any atom is 0.412 e. The summed E-state index contributed by atoms with van der Waals surface area (Å²) in [5.41, 5.74) is 5.30. The third-order valence-corrected chi connectivity index (χ3v) is 2.34. The first-order valence-electron chi connectivity index (χ1n) is 5.76. The number of anilines is 1. The molecule has 0 heterocycles. The Labute approximate surface area is 117 Å². The zero-order chi connectivity index (χ0) is 14.6. The second-order valence-electron chi connectivity index (χ2n) is 4.94. The number of rotatable bonds is 3. The topological polar surface area (TPSA) is 81.4 Å². The number of nitrogens with two attached hydrogens (primary N) is 1. The molecule has 0 unspecified atom stereocenters. The van der Waals surface area contributed by atoms with Crippen LogP contribution in [-0.4, -0.2) is 24.0 Å². The second kappa shape index (κ2) is 6.04. The highest BCUT2D eigenvalue weighted by molar-refractivity contribution is 6.31. The second-order valence-corrected chi connectivity index (χ2v) is 5.38. The lowest BCUT2D eigenvalue weighted by Gasteiger charge is -2.20. The minimum atomic E-state index is -0.638. The first-order valence-corrected chi connectivity index (χ1v) is 6.13. The van der Waals surface area contributed by atoms with Gasteiger partial charge in [-0.3, -0.25) is 10.1 Å². The van der Waals surface area contributed by atoms with Gasteiger partial charge in [0.15, 0.2) is 5.78 Å². The van der Waals surface area contributed by atoms with Crippen molar-refractivity contribution in [3.8, 4) is 0 Å². The average Bonchev–Trinajstić information content (AvgIpc) is 2.28. The quantitative estimate of drug-likeness (QED) is 0.836. The van der Waals surface area contributed by atoms with Crippen molar-refractivity contribution in [3.05, 3.63) is 28.8 Å². The van der Waals surface area contributed by atoms with E-state index >= 15 is 0 Å². The van der Waals surface area contributed by atoms with Crippen molar-refractivity contribution in [1.29, 1.82) is 0 Å². The number of carbonyl (C=O) groups excluding carboxylic acids is 2. The van der Waals surface area contributed by atoms with E-state index in [1.165, 1.54) is 12.1 Å². The van der Waals surface area contributed by atoms with Gasteiger partial charge >= 0.3 is 6.09 Å². The van der Waals surface area contributed by atoms with Crippen LogP contribution in [0.5, 0.6) is 0 Å². The van der Waals surface area contributed by atoms with Crippen molar-refractivity contribution in [2.24, 2.45) is 5.73 Å². The van der Waals surface area contributed by atoms with Crippen LogP contribution in [0.3, 0.4) is 0 Å². The summed E-state index contributed by atoms with van der Waals surface area (Å²) in [7, 11) is 0. The molecule has 0 atom stereocenters. The Morgan fingerprint density at radius 3 is 2.53 bits per heavy atom. The lowest BCUT2D eigenvalue weighted by molar-refractivity contribution is 0.0636. The lowest BCUT2D eigenvalue weighted by Crippen LogP contribution is -2.28. The van der Waals surface area contributed by atoms with E-state index < -0.39 is 11.7 Å². The van der Waals surface area contributed by atoms with Crippen molar-refractivity contribution in [2.75, 3.05) is 11.9 Å². The number of ketones is 1. The molecule has 0 saturated carbocycles. The number of benzene rings is 1. The highest BCUT2D eigenvalue weighted by Crippen LogP contribution is 2.22. The fraction of sp³-hybridized carbons (Fsp3) is 0.385. The highest BCUT2D eigenvalue weighted by atomic mass is 35.5. The van der Waals surface area contributed by atoms with E-state index in [4.69, 9.17) is 22.1 Å². The summed E-state index contributed by atoms with van der Waals surface area (Å²) in [5, 5.41) is 2.91. The SMILES string of the molecule is CC(C)(C)OC(=O)Nc1ccc(Cl)cc1C(=O)CN. The van der Waals surface area contributed by atoms with E-state index in [1.54, 1.807) is 26.8 Å². The van der Waals surface area contributed by atoms with Gasteiger partial charge in [0.05, 0.1) is 12.2 Å². The third kappa shape index (κ3) is 4.89. The number of ether oxygens (including phenoxy) is 1. The standard InChI is InChI=1S/C13H17ClN2O3/c1-13(2,3)19-12(18)16-10-5-4-8(14)6-9(10)11(17)7-15/h4-6H,7,15H2,1-3H3,(H,16,18). The summed E-state index contributed by atoms with van der Waals surface area (Å²) in [6, 6.07) is 4.57. The Morgan fingerprint density at radius 1 is 1.37 bits per heavy atom. The van der Waals surface area contributed by atoms with Gasteiger partial charge in [0.1, 0.15) is 5.60 Å². The van der Waals surface area contributed by atoms with E-state index in [1.807, 2.05) is 0 Å². The molecule has 1 rings (SSSR count). The maximum absolute atomic E-state index is 11.7. The number of halogens is 1. The molecule has 5 nitrogen and oxygen atoms in total. The van der Waals surface area contributed by atoms with E-state index in [9.17, 15) is 9.59 Å². The van der Waals surface area contributed by atoms with Gasteiger partial charge in [-0.15, -0.1) is 0 Å². The molecule has 0 aliphatic rings. The molecule has 104 valence electrons. The Bertz CT molecular complexity index is 495. The number of nitrogens with one attached hydrogen (secondary N) is 1. The molecule has 0 aliphatic heterocycles. The molecule has 1 aromatic rings. The van der Waals surface area contributed by atoms with Gasteiger partial charge in [-0.1, -0.05) is 11.6 Å². The summed E-state index contributed by atoms with van der Waals surface area (Å²) in [5.74, 6) is -0.312. The summed E-state index contributed by atoms with van der Waals surface area (Å²) in [4.78, 5) is 23.3. The van der Waals surface area contributed by atoms with Gasteiger partial charge in [-0.25, -0.2) is 4.79 Å². The molecule has 1 aromatic carbocycles. The molecule has 0 spiro atoms. The van der Waals surface area contributed by atoms with Crippen LogP contribution in [0.4, 0.5) is 10.5 Å². The first-order chi connectivity index (χ1) is 8.73. The smallest absolute Gasteiger partial charge is 0.412 e. The Morgan fingerprint density at radius 2 is 2.00 bits per heavy atom. The molecule has 6 heteroatoms. The van der Waals surface area contributed by atoms with Crippen molar-refractivity contribution in [2.45, 2.75) is 26.4 Å². The van der Waals surface area contributed by atoms with Crippen LogP contribution in [0, 0.1) is 0 Å². The molecule has 0 fully saturated rings. The summed E-state index contributed by atoms with van der Waals surface area (Å²) in [6.45, 7) is 5.09. The monoisotopic (exact) mass is 284 g/mol. The Balaban J connectivity index is 2.95. The maximum atomic E-state index is 11.7. The van der Waals surface area contributed by atoms with Crippen LogP contribution in [0.1, 0.15) is 31.1 Å². The zero-order valence-electron chi connectivity index (χ0n) is 11.1. The van der Waals surface area contributed by atoms with Crippen LogP contribution in [0.15, 0.2) is 18.2 Å². The van der Waals surface area contributed by atoms with Crippen molar-refractivity contribution >= 4 is 29.2 Å². The van der Waals surface area contributed by atoms with Crippen LogP contribution in [0.25, 0.3) is 0 Å². The predicted octanol–water partition coefficient (Wildman–Crippen LogP) is 2.83. The van der Waals surface area contributed by atoms with Crippen LogP contribution in [-0.2, 0) is 4.74 Å². The molecular weight excluding hydrogens is 268 g/mol. The largest absolute Gasteiger partial charge is 0.444 e. The Kier molecular flexibility index (Phi) is 4.91. The normalized spacial score (nSPS) is 11.0. The van der Waals surface area contributed by atoms with E-state index in [0.29, 0.717) is 10.7 Å². The van der Waals surface area contributed by atoms with Gasteiger partial charge in [-0.2, -0.15) is 0 Å². The molecule has 0 bridgehead atoms. The fourth-order valence-corrected chi connectivity index (χ4v) is 1.55. The van der Waals surface area contributed by atoms with Gasteiger partial charge in [-0.05, 0) is 39.0 Å². The minimum Gasteiger partial charge on any atom is -0.444 e. The van der Waals surface area contributed by atoms with Crippen LogP contribution >= 0.6 is 11.6 Å². The number of amides is 1. The molecular formula is C13H17ClN2O3. The van der Waals surface area contributed by atoms with Gasteiger partial charge in [0, 0.05) is 10.6 Å². The number of carbonyl (C=O) groups is 2. The van der Waals surface area contributed by atoms with Crippen molar-refractivity contribution < 1.29 is 14.3 Å². The van der Waals surface area contributed by atoms with E-state index in [2.05, 4.69) is 5.32 Å². The fourth-order valence-electron chi connectivity index (χ4n) is 1.38. The number of Topliss-reactive ketones (excluding diaryl/α,β-unsaturated/α-hetero) is 1. The molecule has 1 amide bonds. The number of hydrogen-bond donors (Lipinski definition) is 2. The van der Waals surface area contributed by atoms with Gasteiger partial charge in [0.25, 0.3) is 0 Å². The summed E-state index contributed by atoms with van der Waals surface area (Å²) in [6.07, 6.45) is -0.638. The zero-order valence-corrected chi connectivity index (χ0v) is 11.9. The first kappa shape index (κ1) is 15.5. The van der Waals surface area contributed by atoms with Gasteiger partial charge in [0.2, 0.25) is 0 Å². The molecule has 19 heavy (non-hydrogen) atoms. The van der Waals surface area contributed by atoms with Crippen LogP contribution in [0.2, 0.25) is 5.02 Å². The molecule has 0 aromatic heterocycles. The van der Waals surface area contributed by atoms with Crippen molar-refractivity contribution in [3.63, 3.8) is 0 Å². The summed E-state index contributed by atoms with van der Waals surface area (Å²) >= 11 is 5.82. The van der Waals surface area contributed by atoms with Crippen LogP contribution < -0.4 is 11.1 Å². The van der Waals surface area contributed by atoms with Crippen molar-refractivity contribution in [1.82, 2.24) is 0 Å². The number of hydrogen-bond acceptors (Lipinski definition) is 4. The molecule has 3 N–H and O–H groups in total.